The lowest BCUT2D eigenvalue weighted by Crippen LogP contribution is -2.31. The SMILES string of the molecule is COCCOc1nc(Cl)nc(N2CCCCC2)n1. The molecule has 6 nitrogen and oxygen atoms in total. The smallest absolute Gasteiger partial charge is 0.322 e. The number of piperidine rings is 1. The maximum absolute atomic E-state index is 5.88. The third-order valence-corrected chi connectivity index (χ3v) is 2.90. The summed E-state index contributed by atoms with van der Waals surface area (Å²) in [5.41, 5.74) is 0. The minimum Gasteiger partial charge on any atom is -0.461 e. The van der Waals surface area contributed by atoms with E-state index in [4.69, 9.17) is 21.1 Å². The fraction of sp³-hybridized carbons (Fsp3) is 0.727. The molecule has 1 aromatic rings. The third-order valence-electron chi connectivity index (χ3n) is 2.73. The summed E-state index contributed by atoms with van der Waals surface area (Å²) in [4.78, 5) is 14.5. The molecule has 1 fully saturated rings. The molecule has 0 saturated carbocycles. The van der Waals surface area contributed by atoms with E-state index in [0.717, 1.165) is 25.9 Å². The Bertz CT molecular complexity index is 385. The minimum absolute atomic E-state index is 0.165. The molecule has 0 aromatic carbocycles. The van der Waals surface area contributed by atoms with Gasteiger partial charge in [-0.1, -0.05) is 0 Å². The van der Waals surface area contributed by atoms with Gasteiger partial charge in [0.1, 0.15) is 6.61 Å². The van der Waals surface area contributed by atoms with Crippen LogP contribution >= 0.6 is 11.6 Å². The van der Waals surface area contributed by atoms with Gasteiger partial charge in [-0.25, -0.2) is 0 Å². The van der Waals surface area contributed by atoms with Gasteiger partial charge in [-0.05, 0) is 30.9 Å². The fourth-order valence-electron chi connectivity index (χ4n) is 1.84. The van der Waals surface area contributed by atoms with Crippen LogP contribution in [0.15, 0.2) is 0 Å². The molecule has 1 aromatic heterocycles. The quantitative estimate of drug-likeness (QED) is 0.758. The Morgan fingerprint density at radius 1 is 1.11 bits per heavy atom. The zero-order chi connectivity index (χ0) is 12.8. The molecule has 7 heteroatoms. The molecular formula is C11H17ClN4O2. The summed E-state index contributed by atoms with van der Waals surface area (Å²) in [6.07, 6.45) is 3.57. The van der Waals surface area contributed by atoms with Crippen LogP contribution in [-0.2, 0) is 4.74 Å². The zero-order valence-electron chi connectivity index (χ0n) is 10.4. The van der Waals surface area contributed by atoms with Gasteiger partial charge < -0.3 is 14.4 Å². The van der Waals surface area contributed by atoms with Crippen molar-refractivity contribution in [3.8, 4) is 6.01 Å². The number of nitrogens with zero attached hydrogens (tertiary/aromatic N) is 4. The normalized spacial score (nSPS) is 15.8. The standard InChI is InChI=1S/C11H17ClN4O2/c1-17-7-8-18-11-14-9(12)13-10(15-11)16-5-3-2-4-6-16/h2-8H2,1H3. The van der Waals surface area contributed by atoms with Crippen LogP contribution in [0, 0.1) is 0 Å². The molecule has 0 aliphatic carbocycles. The van der Waals surface area contributed by atoms with Crippen molar-refractivity contribution in [1.82, 2.24) is 15.0 Å². The lowest BCUT2D eigenvalue weighted by molar-refractivity contribution is 0.140. The van der Waals surface area contributed by atoms with Crippen molar-refractivity contribution in [2.75, 3.05) is 38.3 Å². The van der Waals surface area contributed by atoms with E-state index in [-0.39, 0.29) is 11.3 Å². The van der Waals surface area contributed by atoms with Crippen LogP contribution in [0.4, 0.5) is 5.95 Å². The number of methoxy groups -OCH3 is 1. The Morgan fingerprint density at radius 2 is 1.89 bits per heavy atom. The Kier molecular flexibility index (Phi) is 4.95. The van der Waals surface area contributed by atoms with Gasteiger partial charge in [-0.2, -0.15) is 15.0 Å². The first-order valence-corrected chi connectivity index (χ1v) is 6.45. The molecule has 0 radical (unpaired) electrons. The molecule has 2 heterocycles. The number of aromatic nitrogens is 3. The summed E-state index contributed by atoms with van der Waals surface area (Å²) in [6, 6.07) is 0.257. The first-order valence-electron chi connectivity index (χ1n) is 6.08. The highest BCUT2D eigenvalue weighted by molar-refractivity contribution is 6.28. The van der Waals surface area contributed by atoms with E-state index in [1.807, 2.05) is 0 Å². The molecule has 1 aliphatic rings. The number of anilines is 1. The van der Waals surface area contributed by atoms with Crippen LogP contribution in [0.2, 0.25) is 5.28 Å². The Balaban J connectivity index is 2.05. The number of halogens is 1. The van der Waals surface area contributed by atoms with Crippen LogP contribution in [0.25, 0.3) is 0 Å². The van der Waals surface area contributed by atoms with Crippen LogP contribution < -0.4 is 9.64 Å². The van der Waals surface area contributed by atoms with Gasteiger partial charge in [0.25, 0.3) is 0 Å². The van der Waals surface area contributed by atoms with Gasteiger partial charge in [0.05, 0.1) is 6.61 Å². The molecule has 0 bridgehead atoms. The number of hydrogen-bond donors (Lipinski definition) is 0. The maximum atomic E-state index is 5.88. The van der Waals surface area contributed by atoms with E-state index in [2.05, 4.69) is 19.9 Å². The molecule has 0 N–H and O–H groups in total. The van der Waals surface area contributed by atoms with Crippen LogP contribution in [0.5, 0.6) is 6.01 Å². The van der Waals surface area contributed by atoms with E-state index in [1.54, 1.807) is 7.11 Å². The molecular weight excluding hydrogens is 256 g/mol. The summed E-state index contributed by atoms with van der Waals surface area (Å²) >= 11 is 5.88. The monoisotopic (exact) mass is 272 g/mol. The van der Waals surface area contributed by atoms with Crippen molar-refractivity contribution in [1.29, 1.82) is 0 Å². The van der Waals surface area contributed by atoms with Crippen LogP contribution in [-0.4, -0.2) is 48.4 Å². The first kappa shape index (κ1) is 13.3. The molecule has 18 heavy (non-hydrogen) atoms. The second-order valence-electron chi connectivity index (χ2n) is 4.08. The van der Waals surface area contributed by atoms with Gasteiger partial charge in [0.2, 0.25) is 11.2 Å². The predicted molar refractivity (Wildman–Crippen MR) is 68.3 cm³/mol. The molecule has 0 unspecified atom stereocenters. The van der Waals surface area contributed by atoms with E-state index in [1.165, 1.54) is 6.42 Å². The first-order chi connectivity index (χ1) is 8.79. The van der Waals surface area contributed by atoms with Gasteiger partial charge >= 0.3 is 6.01 Å². The van der Waals surface area contributed by atoms with Crippen molar-refractivity contribution >= 4 is 17.5 Å². The Morgan fingerprint density at radius 3 is 2.61 bits per heavy atom. The fourth-order valence-corrected chi connectivity index (χ4v) is 1.99. The molecule has 1 aliphatic heterocycles. The van der Waals surface area contributed by atoms with Crippen molar-refractivity contribution < 1.29 is 9.47 Å². The van der Waals surface area contributed by atoms with E-state index in [9.17, 15) is 0 Å². The molecule has 0 atom stereocenters. The van der Waals surface area contributed by atoms with Gasteiger partial charge in [-0.15, -0.1) is 0 Å². The minimum atomic E-state index is 0.165. The molecule has 2 rings (SSSR count). The average molecular weight is 273 g/mol. The van der Waals surface area contributed by atoms with Crippen molar-refractivity contribution in [2.24, 2.45) is 0 Å². The van der Waals surface area contributed by atoms with Gasteiger partial charge in [0.15, 0.2) is 0 Å². The maximum Gasteiger partial charge on any atom is 0.322 e. The summed E-state index contributed by atoms with van der Waals surface area (Å²) in [5.74, 6) is 0.599. The molecule has 1 saturated heterocycles. The second kappa shape index (κ2) is 6.70. The summed E-state index contributed by atoms with van der Waals surface area (Å²) in [7, 11) is 1.61. The lowest BCUT2D eigenvalue weighted by atomic mass is 10.1. The van der Waals surface area contributed by atoms with Crippen LogP contribution in [0.1, 0.15) is 19.3 Å². The topological polar surface area (TPSA) is 60.4 Å². The van der Waals surface area contributed by atoms with Gasteiger partial charge in [0, 0.05) is 20.2 Å². The summed E-state index contributed by atoms with van der Waals surface area (Å²) in [5, 5.41) is 0.165. The highest BCUT2D eigenvalue weighted by atomic mass is 35.5. The molecule has 0 amide bonds. The highest BCUT2D eigenvalue weighted by Gasteiger charge is 2.16. The zero-order valence-corrected chi connectivity index (χ0v) is 11.2. The Hall–Kier alpha value is -1.14. The van der Waals surface area contributed by atoms with Gasteiger partial charge in [-0.3, -0.25) is 0 Å². The van der Waals surface area contributed by atoms with Crippen molar-refractivity contribution in [2.45, 2.75) is 19.3 Å². The summed E-state index contributed by atoms with van der Waals surface area (Å²) in [6.45, 7) is 2.80. The largest absolute Gasteiger partial charge is 0.461 e. The van der Waals surface area contributed by atoms with E-state index >= 15 is 0 Å². The number of ether oxygens (including phenoxy) is 2. The molecule has 0 spiro atoms. The average Bonchev–Trinajstić information content (AvgIpc) is 2.39. The molecule has 100 valence electrons. The second-order valence-corrected chi connectivity index (χ2v) is 4.41. The summed E-state index contributed by atoms with van der Waals surface area (Å²) < 4.78 is 10.3. The van der Waals surface area contributed by atoms with E-state index in [0.29, 0.717) is 19.2 Å². The number of rotatable bonds is 5. The number of hydrogen-bond acceptors (Lipinski definition) is 6. The predicted octanol–water partition coefficient (Wildman–Crippen LogP) is 1.54. The van der Waals surface area contributed by atoms with Crippen molar-refractivity contribution in [3.63, 3.8) is 0 Å². The van der Waals surface area contributed by atoms with E-state index < -0.39 is 0 Å². The Labute approximate surface area is 111 Å². The van der Waals surface area contributed by atoms with Crippen molar-refractivity contribution in [3.05, 3.63) is 5.28 Å². The third kappa shape index (κ3) is 3.68. The highest BCUT2D eigenvalue weighted by Crippen LogP contribution is 2.19. The lowest BCUT2D eigenvalue weighted by Gasteiger charge is -2.26. The van der Waals surface area contributed by atoms with Crippen LogP contribution in [0.3, 0.4) is 0 Å².